The first kappa shape index (κ1) is 18.9. The zero-order valence-corrected chi connectivity index (χ0v) is 15.6. The number of amides is 1. The summed E-state index contributed by atoms with van der Waals surface area (Å²) in [7, 11) is 3.14. The summed E-state index contributed by atoms with van der Waals surface area (Å²) in [4.78, 5) is 25.6. The van der Waals surface area contributed by atoms with Crippen LogP contribution in [0.15, 0.2) is 30.5 Å². The molecule has 8 heteroatoms. The van der Waals surface area contributed by atoms with Gasteiger partial charge in [0, 0.05) is 25.9 Å². The molecule has 1 amide bonds. The van der Waals surface area contributed by atoms with Crippen molar-refractivity contribution in [2.24, 2.45) is 0 Å². The molecule has 27 heavy (non-hydrogen) atoms. The molecule has 0 bridgehead atoms. The lowest BCUT2D eigenvalue weighted by molar-refractivity contribution is -0.138. The molecule has 2 aromatic rings. The second kappa shape index (κ2) is 7.79. The second-order valence-corrected chi connectivity index (χ2v) is 6.62. The number of aromatic nitrogens is 2. The molecule has 3 rings (SSSR count). The van der Waals surface area contributed by atoms with Gasteiger partial charge in [-0.05, 0) is 37.1 Å². The maximum Gasteiger partial charge on any atom is 0.305 e. The van der Waals surface area contributed by atoms with Crippen molar-refractivity contribution in [2.45, 2.75) is 31.9 Å². The smallest absolute Gasteiger partial charge is 0.305 e. The Hall–Kier alpha value is -2.87. The lowest BCUT2D eigenvalue weighted by atomic mass is 10.1. The van der Waals surface area contributed by atoms with Crippen molar-refractivity contribution in [3.8, 4) is 11.4 Å². The summed E-state index contributed by atoms with van der Waals surface area (Å²) in [6.45, 7) is 2.32. The van der Waals surface area contributed by atoms with Gasteiger partial charge in [-0.2, -0.15) is 5.10 Å². The van der Waals surface area contributed by atoms with Crippen molar-refractivity contribution >= 4 is 11.9 Å². The minimum atomic E-state index is -0.940. The highest BCUT2D eigenvalue weighted by Crippen LogP contribution is 2.26. The number of likely N-dealkylation sites (tertiary alicyclic amines) is 1. The molecule has 0 saturated carbocycles. The van der Waals surface area contributed by atoms with Gasteiger partial charge in [0.25, 0.3) is 5.91 Å². The van der Waals surface area contributed by atoms with Crippen molar-refractivity contribution in [2.75, 3.05) is 20.8 Å². The van der Waals surface area contributed by atoms with Crippen LogP contribution in [0.25, 0.3) is 5.69 Å². The monoisotopic (exact) mass is 373 g/mol. The molecule has 1 saturated heterocycles. The predicted molar refractivity (Wildman–Crippen MR) is 97.3 cm³/mol. The van der Waals surface area contributed by atoms with Gasteiger partial charge in [-0.25, -0.2) is 4.68 Å². The van der Waals surface area contributed by atoms with Crippen LogP contribution in [0, 0.1) is 6.92 Å². The molecule has 1 aliphatic heterocycles. The summed E-state index contributed by atoms with van der Waals surface area (Å²) in [5.74, 6) is -0.595. The van der Waals surface area contributed by atoms with Gasteiger partial charge >= 0.3 is 5.97 Å². The summed E-state index contributed by atoms with van der Waals surface area (Å²) in [5.41, 5.74) is 2.03. The van der Waals surface area contributed by atoms with Crippen molar-refractivity contribution in [3.63, 3.8) is 0 Å². The molecule has 0 spiro atoms. The van der Waals surface area contributed by atoms with Gasteiger partial charge in [0.15, 0.2) is 5.69 Å². The Kier molecular flexibility index (Phi) is 5.46. The highest BCUT2D eigenvalue weighted by Gasteiger charge is 2.37. The summed E-state index contributed by atoms with van der Waals surface area (Å²) in [5, 5.41) is 13.5. The molecule has 1 fully saturated rings. The van der Waals surface area contributed by atoms with E-state index in [4.69, 9.17) is 14.6 Å². The molecule has 8 nitrogen and oxygen atoms in total. The van der Waals surface area contributed by atoms with E-state index in [1.54, 1.807) is 36.1 Å². The molecule has 0 radical (unpaired) electrons. The Morgan fingerprint density at radius 3 is 2.74 bits per heavy atom. The summed E-state index contributed by atoms with van der Waals surface area (Å²) in [6.07, 6.45) is 1.91. The van der Waals surface area contributed by atoms with Gasteiger partial charge in [0.2, 0.25) is 0 Å². The quantitative estimate of drug-likeness (QED) is 0.831. The number of hydrogen-bond donors (Lipinski definition) is 1. The number of nitrogens with zero attached hydrogens (tertiary/aromatic N) is 3. The van der Waals surface area contributed by atoms with Crippen LogP contribution in [0.3, 0.4) is 0 Å². The molecule has 1 aromatic heterocycles. The fourth-order valence-corrected chi connectivity index (χ4v) is 3.39. The molecule has 1 aromatic carbocycles. The second-order valence-electron chi connectivity index (χ2n) is 6.62. The molecular weight excluding hydrogens is 350 g/mol. The van der Waals surface area contributed by atoms with Crippen molar-refractivity contribution in [1.29, 1.82) is 0 Å². The van der Waals surface area contributed by atoms with E-state index >= 15 is 0 Å². The number of carbonyl (C=O) groups excluding carboxylic acids is 1. The first-order valence-electron chi connectivity index (χ1n) is 8.69. The largest absolute Gasteiger partial charge is 0.494 e. The Morgan fingerprint density at radius 2 is 2.07 bits per heavy atom. The van der Waals surface area contributed by atoms with E-state index in [2.05, 4.69) is 5.10 Å². The van der Waals surface area contributed by atoms with Gasteiger partial charge in [-0.1, -0.05) is 6.07 Å². The lowest BCUT2D eigenvalue weighted by Gasteiger charge is -2.22. The van der Waals surface area contributed by atoms with Crippen LogP contribution < -0.4 is 4.74 Å². The predicted octanol–water partition coefficient (Wildman–Crippen LogP) is 1.89. The van der Waals surface area contributed by atoms with Crippen LogP contribution in [-0.2, 0) is 9.53 Å². The Labute approximate surface area is 157 Å². The normalized spacial score (nSPS) is 19.3. The van der Waals surface area contributed by atoms with E-state index in [-0.39, 0.29) is 24.1 Å². The van der Waals surface area contributed by atoms with E-state index < -0.39 is 12.0 Å². The average Bonchev–Trinajstić information content (AvgIpc) is 3.28. The minimum Gasteiger partial charge on any atom is -0.494 e. The van der Waals surface area contributed by atoms with Crippen molar-refractivity contribution in [3.05, 3.63) is 41.7 Å². The average molecular weight is 373 g/mol. The number of rotatable bonds is 6. The third kappa shape index (κ3) is 3.95. The van der Waals surface area contributed by atoms with Crippen LogP contribution in [-0.4, -0.2) is 64.6 Å². The molecule has 0 aliphatic carbocycles. The number of methoxy groups -OCH3 is 2. The molecule has 144 valence electrons. The standard InChI is InChI=1S/C19H23N3O5/c1-12-4-5-17(27-3)16(8-12)22-7-6-15(20-22)19(25)21-11-14(26-2)9-13(21)10-18(23)24/h4-8,13-14H,9-11H2,1-3H3,(H,23,24). The number of aryl methyl sites for hydroxylation is 1. The molecule has 2 unspecified atom stereocenters. The lowest BCUT2D eigenvalue weighted by Crippen LogP contribution is -2.37. The van der Waals surface area contributed by atoms with Crippen LogP contribution in [0.2, 0.25) is 0 Å². The van der Waals surface area contributed by atoms with Gasteiger partial charge in [0.1, 0.15) is 11.4 Å². The third-order valence-electron chi connectivity index (χ3n) is 4.77. The van der Waals surface area contributed by atoms with E-state index in [0.717, 1.165) is 11.3 Å². The minimum absolute atomic E-state index is 0.113. The molecule has 1 N–H and O–H groups in total. The number of aliphatic carboxylic acids is 1. The highest BCUT2D eigenvalue weighted by molar-refractivity contribution is 5.93. The van der Waals surface area contributed by atoms with Crippen LogP contribution >= 0.6 is 0 Å². The Bertz CT molecular complexity index is 848. The molecule has 2 heterocycles. The maximum absolute atomic E-state index is 12.9. The van der Waals surface area contributed by atoms with Crippen LogP contribution in [0.4, 0.5) is 0 Å². The summed E-state index contributed by atoms with van der Waals surface area (Å²) in [6, 6.07) is 6.93. The number of carbonyl (C=O) groups is 2. The van der Waals surface area contributed by atoms with E-state index in [9.17, 15) is 9.59 Å². The first-order valence-corrected chi connectivity index (χ1v) is 8.69. The van der Waals surface area contributed by atoms with Crippen molar-refractivity contribution in [1.82, 2.24) is 14.7 Å². The van der Waals surface area contributed by atoms with Crippen molar-refractivity contribution < 1.29 is 24.2 Å². The van der Waals surface area contributed by atoms with Crippen LogP contribution in [0.1, 0.15) is 28.9 Å². The number of carboxylic acid groups (broad SMARTS) is 1. The zero-order chi connectivity index (χ0) is 19.6. The Morgan fingerprint density at radius 1 is 1.30 bits per heavy atom. The summed E-state index contributed by atoms with van der Waals surface area (Å²) < 4.78 is 12.3. The number of hydrogen-bond acceptors (Lipinski definition) is 5. The van der Waals surface area contributed by atoms with E-state index in [1.807, 2.05) is 25.1 Å². The SMILES string of the molecule is COc1ccc(C)cc1-n1ccc(C(=O)N2CC(OC)CC2CC(=O)O)n1. The summed E-state index contributed by atoms with van der Waals surface area (Å²) >= 11 is 0. The number of carboxylic acids is 1. The zero-order valence-electron chi connectivity index (χ0n) is 15.6. The fourth-order valence-electron chi connectivity index (χ4n) is 3.39. The van der Waals surface area contributed by atoms with Gasteiger partial charge in [0.05, 0.1) is 19.6 Å². The maximum atomic E-state index is 12.9. The topological polar surface area (TPSA) is 93.9 Å². The van der Waals surface area contributed by atoms with E-state index in [0.29, 0.717) is 18.7 Å². The molecular formula is C19H23N3O5. The fraction of sp³-hybridized carbons (Fsp3) is 0.421. The Balaban J connectivity index is 1.86. The van der Waals surface area contributed by atoms with E-state index in [1.165, 1.54) is 0 Å². The number of ether oxygens (including phenoxy) is 2. The molecule has 2 atom stereocenters. The third-order valence-corrected chi connectivity index (χ3v) is 4.77. The van der Waals surface area contributed by atoms with Gasteiger partial charge in [-0.3, -0.25) is 9.59 Å². The number of benzene rings is 1. The first-order chi connectivity index (χ1) is 12.9. The van der Waals surface area contributed by atoms with Crippen LogP contribution in [0.5, 0.6) is 5.75 Å². The van der Waals surface area contributed by atoms with Gasteiger partial charge < -0.3 is 19.5 Å². The van der Waals surface area contributed by atoms with Gasteiger partial charge in [-0.15, -0.1) is 0 Å². The molecule has 1 aliphatic rings. The highest BCUT2D eigenvalue weighted by atomic mass is 16.5.